The lowest BCUT2D eigenvalue weighted by molar-refractivity contribution is -0.140. The number of carboxylic acid groups (broad SMARTS) is 1. The fourth-order valence-electron chi connectivity index (χ4n) is 2.86. The highest BCUT2D eigenvalue weighted by Crippen LogP contribution is 2.19. The summed E-state index contributed by atoms with van der Waals surface area (Å²) in [6, 6.07) is 2.53. The Bertz CT molecular complexity index is 682. The van der Waals surface area contributed by atoms with E-state index in [9.17, 15) is 23.6 Å². The van der Waals surface area contributed by atoms with Crippen molar-refractivity contribution >= 4 is 23.6 Å². The van der Waals surface area contributed by atoms with Crippen LogP contribution in [-0.4, -0.2) is 63.9 Å². The van der Waals surface area contributed by atoms with Crippen molar-refractivity contribution in [2.45, 2.75) is 37.8 Å². The zero-order valence-electron chi connectivity index (χ0n) is 14.1. The summed E-state index contributed by atoms with van der Waals surface area (Å²) < 4.78 is 12.6. The van der Waals surface area contributed by atoms with Crippen LogP contribution < -0.4 is 5.32 Å². The number of carboxylic acids is 1. The van der Waals surface area contributed by atoms with Crippen molar-refractivity contribution in [1.29, 1.82) is 0 Å². The maximum absolute atomic E-state index is 12.6. The summed E-state index contributed by atoms with van der Waals surface area (Å²) in [5.41, 5.74) is 0.189. The van der Waals surface area contributed by atoms with Crippen molar-refractivity contribution in [3.8, 4) is 0 Å². The third-order valence-electron chi connectivity index (χ3n) is 4.17. The van der Waals surface area contributed by atoms with Crippen molar-refractivity contribution in [2.75, 3.05) is 13.2 Å². The lowest BCUT2D eigenvalue weighted by Gasteiger charge is -2.35. The quantitative estimate of drug-likeness (QED) is 0.730. The number of aliphatic carboxylic acids is 1. The second-order valence-electron chi connectivity index (χ2n) is 5.98. The van der Waals surface area contributed by atoms with E-state index in [4.69, 9.17) is 5.11 Å². The first kappa shape index (κ1) is 19.5. The normalized spacial score (nSPS) is 18.0. The van der Waals surface area contributed by atoms with Gasteiger partial charge in [-0.15, -0.1) is 0 Å². The molecule has 2 N–H and O–H groups in total. The number of ketones is 1. The van der Waals surface area contributed by atoms with Crippen LogP contribution in [0.25, 0.3) is 0 Å². The molecule has 1 saturated heterocycles. The fraction of sp³-hybridized carbons (Fsp3) is 0.471. The molecular weight excluding hydrogens is 345 g/mol. The van der Waals surface area contributed by atoms with Crippen LogP contribution in [0.3, 0.4) is 0 Å². The van der Waals surface area contributed by atoms with Crippen LogP contribution in [0, 0.1) is 0 Å². The second kappa shape index (κ2) is 9.02. The maximum atomic E-state index is 12.6. The molecule has 0 bridgehead atoms. The van der Waals surface area contributed by atoms with E-state index in [1.54, 1.807) is 12.1 Å². The Morgan fingerprint density at radius 1 is 1.31 bits per heavy atom. The van der Waals surface area contributed by atoms with Gasteiger partial charge in [0.15, 0.2) is 5.78 Å². The minimum Gasteiger partial charge on any atom is -0.481 e. The van der Waals surface area contributed by atoms with E-state index < -0.39 is 48.7 Å². The van der Waals surface area contributed by atoms with Gasteiger partial charge >= 0.3 is 5.97 Å². The summed E-state index contributed by atoms with van der Waals surface area (Å²) in [5.74, 6) is -3.43. The summed E-state index contributed by atoms with van der Waals surface area (Å²) in [4.78, 5) is 52.9. The van der Waals surface area contributed by atoms with Crippen molar-refractivity contribution in [3.05, 3.63) is 30.1 Å². The van der Waals surface area contributed by atoms with Crippen LogP contribution in [-0.2, 0) is 14.4 Å². The molecule has 1 aromatic rings. The number of carbonyl (C=O) groups excluding carboxylic acids is 3. The number of hydrogen-bond acceptors (Lipinski definition) is 5. The highest BCUT2D eigenvalue weighted by atomic mass is 19.1. The van der Waals surface area contributed by atoms with Crippen LogP contribution in [0.5, 0.6) is 0 Å². The lowest BCUT2D eigenvalue weighted by atomic mass is 9.99. The van der Waals surface area contributed by atoms with Crippen molar-refractivity contribution < 1.29 is 28.7 Å². The molecule has 9 heteroatoms. The second-order valence-corrected chi connectivity index (χ2v) is 5.98. The molecule has 2 heterocycles. The Morgan fingerprint density at radius 3 is 2.69 bits per heavy atom. The van der Waals surface area contributed by atoms with Gasteiger partial charge in [-0.2, -0.15) is 0 Å². The van der Waals surface area contributed by atoms with Gasteiger partial charge < -0.3 is 15.3 Å². The number of nitrogens with one attached hydrogen (secondary N) is 1. The number of hydrogen-bond donors (Lipinski definition) is 2. The van der Waals surface area contributed by atoms with Crippen LogP contribution in [0.2, 0.25) is 0 Å². The molecule has 2 unspecified atom stereocenters. The molecule has 1 aromatic heterocycles. The highest BCUT2D eigenvalue weighted by Gasteiger charge is 2.35. The minimum absolute atomic E-state index is 0.189. The van der Waals surface area contributed by atoms with Gasteiger partial charge in [-0.1, -0.05) is 6.07 Å². The molecule has 26 heavy (non-hydrogen) atoms. The number of carbonyl (C=O) groups is 4. The Balaban J connectivity index is 2.14. The van der Waals surface area contributed by atoms with Crippen LogP contribution in [0.4, 0.5) is 4.39 Å². The Kier molecular flexibility index (Phi) is 6.76. The summed E-state index contributed by atoms with van der Waals surface area (Å²) in [5, 5.41) is 11.1. The van der Waals surface area contributed by atoms with Gasteiger partial charge in [0.1, 0.15) is 24.5 Å². The lowest BCUT2D eigenvalue weighted by Crippen LogP contribution is -2.55. The first-order valence-electron chi connectivity index (χ1n) is 8.27. The molecule has 140 valence electrons. The monoisotopic (exact) mass is 365 g/mol. The van der Waals surface area contributed by atoms with E-state index in [0.29, 0.717) is 25.8 Å². The van der Waals surface area contributed by atoms with Gasteiger partial charge in [0.05, 0.1) is 6.42 Å². The number of halogens is 1. The van der Waals surface area contributed by atoms with E-state index in [2.05, 4.69) is 10.3 Å². The van der Waals surface area contributed by atoms with Gasteiger partial charge in [0, 0.05) is 12.7 Å². The fourth-order valence-corrected chi connectivity index (χ4v) is 2.86. The molecule has 2 atom stereocenters. The van der Waals surface area contributed by atoms with Gasteiger partial charge in [-0.05, 0) is 31.4 Å². The highest BCUT2D eigenvalue weighted by molar-refractivity contribution is 5.98. The molecule has 0 aromatic carbocycles. The maximum Gasteiger partial charge on any atom is 0.305 e. The summed E-state index contributed by atoms with van der Waals surface area (Å²) in [6.45, 7) is -1.03. The number of amides is 2. The standard InChI is InChI=1S/C17H20FN3O5/c18-10-14(22)12(9-15(23)24)20-16(25)13-6-2-4-8-21(13)17(26)11-5-1-3-7-19-11/h1,3,5,7,12-13H,2,4,6,8-10H2,(H,20,25)(H,23,24). The zero-order chi connectivity index (χ0) is 19.1. The topological polar surface area (TPSA) is 117 Å². The zero-order valence-corrected chi connectivity index (χ0v) is 14.1. The molecule has 2 rings (SSSR count). The third kappa shape index (κ3) is 4.84. The SMILES string of the molecule is O=C(O)CC(NC(=O)C1CCCCN1C(=O)c1ccccn1)C(=O)CF. The number of Topliss-reactive ketones (excluding diaryl/α,β-unsaturated/α-hetero) is 1. The Morgan fingerprint density at radius 2 is 2.08 bits per heavy atom. The van der Waals surface area contributed by atoms with Crippen LogP contribution in [0.1, 0.15) is 36.2 Å². The summed E-state index contributed by atoms with van der Waals surface area (Å²) in [6.07, 6.45) is 2.54. The number of nitrogens with zero attached hydrogens (tertiary/aromatic N) is 2. The molecule has 1 aliphatic heterocycles. The number of aromatic nitrogens is 1. The molecule has 0 radical (unpaired) electrons. The molecule has 0 spiro atoms. The van der Waals surface area contributed by atoms with Gasteiger partial charge in [-0.25, -0.2) is 4.39 Å². The van der Waals surface area contributed by atoms with E-state index in [1.807, 2.05) is 0 Å². The van der Waals surface area contributed by atoms with Crippen molar-refractivity contribution in [1.82, 2.24) is 15.2 Å². The van der Waals surface area contributed by atoms with E-state index in [-0.39, 0.29) is 5.69 Å². The largest absolute Gasteiger partial charge is 0.481 e. The molecular formula is C17H20FN3O5. The smallest absolute Gasteiger partial charge is 0.305 e. The predicted octanol–water partition coefficient (Wildman–Crippen LogP) is 0.574. The van der Waals surface area contributed by atoms with Gasteiger partial charge in [-0.3, -0.25) is 24.2 Å². The first-order valence-corrected chi connectivity index (χ1v) is 8.27. The third-order valence-corrected chi connectivity index (χ3v) is 4.17. The summed E-state index contributed by atoms with van der Waals surface area (Å²) >= 11 is 0. The molecule has 1 fully saturated rings. The van der Waals surface area contributed by atoms with E-state index in [1.165, 1.54) is 17.2 Å². The number of pyridine rings is 1. The molecule has 2 amide bonds. The number of likely N-dealkylation sites (tertiary alicyclic amines) is 1. The average Bonchev–Trinajstić information content (AvgIpc) is 2.66. The molecule has 0 aliphatic carbocycles. The summed E-state index contributed by atoms with van der Waals surface area (Å²) in [7, 11) is 0. The minimum atomic E-state index is -1.46. The Hall–Kier alpha value is -2.84. The van der Waals surface area contributed by atoms with Crippen LogP contribution >= 0.6 is 0 Å². The predicted molar refractivity (Wildman–Crippen MR) is 88.1 cm³/mol. The number of piperidine rings is 1. The average molecular weight is 365 g/mol. The van der Waals surface area contributed by atoms with E-state index in [0.717, 1.165) is 0 Å². The number of alkyl halides is 1. The van der Waals surface area contributed by atoms with Crippen molar-refractivity contribution in [3.63, 3.8) is 0 Å². The molecule has 8 nitrogen and oxygen atoms in total. The Labute approximate surface area is 149 Å². The van der Waals surface area contributed by atoms with Gasteiger partial charge in [0.2, 0.25) is 5.91 Å². The first-order chi connectivity index (χ1) is 12.4. The van der Waals surface area contributed by atoms with Crippen LogP contribution in [0.15, 0.2) is 24.4 Å². The molecule has 1 aliphatic rings. The van der Waals surface area contributed by atoms with Gasteiger partial charge in [0.25, 0.3) is 5.91 Å². The van der Waals surface area contributed by atoms with E-state index >= 15 is 0 Å². The molecule has 0 saturated carbocycles. The number of rotatable bonds is 7. The van der Waals surface area contributed by atoms with Crippen molar-refractivity contribution in [2.24, 2.45) is 0 Å².